The molecule has 0 fully saturated rings. The molecular formula is C40H67N3OS. The number of aryl methyl sites for hydroxylation is 1. The molecule has 0 aliphatic rings. The van der Waals surface area contributed by atoms with Crippen molar-refractivity contribution in [3.63, 3.8) is 0 Å². The third-order valence-electron chi connectivity index (χ3n) is 7.04. The highest BCUT2D eigenvalue weighted by molar-refractivity contribution is 7.11. The lowest BCUT2D eigenvalue weighted by Crippen LogP contribution is -2.01. The Bertz CT molecular complexity index is 1130. The number of hydrogen-bond donors (Lipinski definition) is 2. The fourth-order valence-electron chi connectivity index (χ4n) is 4.12. The first kappa shape index (κ1) is 44.2. The van der Waals surface area contributed by atoms with Crippen LogP contribution in [0.4, 0.5) is 0 Å². The summed E-state index contributed by atoms with van der Waals surface area (Å²) in [7, 11) is 0. The zero-order chi connectivity index (χ0) is 34.5. The number of aromatic nitrogens is 2. The summed E-state index contributed by atoms with van der Waals surface area (Å²) in [6, 6.07) is 0. The molecule has 0 bridgehead atoms. The molecule has 0 saturated carbocycles. The van der Waals surface area contributed by atoms with Gasteiger partial charge >= 0.3 is 0 Å². The van der Waals surface area contributed by atoms with Gasteiger partial charge in [0.1, 0.15) is 5.01 Å². The standard InChI is InChI=1S/C21H23N3OS.C12H26.C4H10.C3H8/c1-6-8-9-18-15(4)23-12-19(18)20-13-26-21(24-20)14(3)10-17(16(5)25)11-22-7-2;1-4-7-9-11-12(6-3)10-8-5-2;1-3-4-2;1-3-2/h6-13,22-23H,1-2H2,3-5H3;12H,4-11H2,1-3H3;3-4H2,1-2H3;3H2,1-2H3/b9-8-,14-10+,17-11+;;;. The van der Waals surface area contributed by atoms with Crippen molar-refractivity contribution in [3.05, 3.63) is 77.2 Å². The van der Waals surface area contributed by atoms with Crippen molar-refractivity contribution >= 4 is 28.8 Å². The summed E-state index contributed by atoms with van der Waals surface area (Å²) in [6.45, 7) is 28.3. The molecule has 0 aromatic carbocycles. The number of rotatable bonds is 17. The summed E-state index contributed by atoms with van der Waals surface area (Å²) in [6.07, 6.45) is 27.9. The zero-order valence-corrected chi connectivity index (χ0v) is 31.5. The van der Waals surface area contributed by atoms with Gasteiger partial charge in [-0.15, -0.1) is 11.3 Å². The van der Waals surface area contributed by atoms with Crippen molar-refractivity contribution in [3.8, 4) is 11.3 Å². The first-order chi connectivity index (χ1) is 21.6. The topological polar surface area (TPSA) is 57.8 Å². The van der Waals surface area contributed by atoms with Gasteiger partial charge in [-0.3, -0.25) is 4.79 Å². The second-order valence-electron chi connectivity index (χ2n) is 11.3. The van der Waals surface area contributed by atoms with E-state index in [0.717, 1.165) is 39.0 Å². The quantitative estimate of drug-likeness (QED) is 0.103. The van der Waals surface area contributed by atoms with E-state index >= 15 is 0 Å². The number of nitrogens with one attached hydrogen (secondary N) is 2. The summed E-state index contributed by atoms with van der Waals surface area (Å²) in [5.41, 5.74) is 5.64. The van der Waals surface area contributed by atoms with Crippen molar-refractivity contribution in [1.82, 2.24) is 15.3 Å². The van der Waals surface area contributed by atoms with Crippen LogP contribution in [0, 0.1) is 12.8 Å². The number of thiazole rings is 1. The monoisotopic (exact) mass is 638 g/mol. The van der Waals surface area contributed by atoms with Crippen LogP contribution < -0.4 is 5.32 Å². The van der Waals surface area contributed by atoms with Gasteiger partial charge in [0.2, 0.25) is 0 Å². The van der Waals surface area contributed by atoms with Crippen molar-refractivity contribution in [1.29, 1.82) is 0 Å². The van der Waals surface area contributed by atoms with Gasteiger partial charge < -0.3 is 10.3 Å². The number of ketones is 1. The van der Waals surface area contributed by atoms with E-state index in [-0.39, 0.29) is 5.78 Å². The van der Waals surface area contributed by atoms with Crippen molar-refractivity contribution in [2.75, 3.05) is 0 Å². The lowest BCUT2D eigenvalue weighted by molar-refractivity contribution is -0.113. The second kappa shape index (κ2) is 29.8. The van der Waals surface area contributed by atoms with Gasteiger partial charge in [-0.2, -0.15) is 0 Å². The second-order valence-corrected chi connectivity index (χ2v) is 12.2. The normalized spacial score (nSPS) is 11.8. The van der Waals surface area contributed by atoms with Gasteiger partial charge in [0, 0.05) is 40.2 Å². The molecule has 4 nitrogen and oxygen atoms in total. The van der Waals surface area contributed by atoms with E-state index in [2.05, 4.69) is 71.9 Å². The van der Waals surface area contributed by atoms with Gasteiger partial charge in [0.25, 0.3) is 0 Å². The number of carbonyl (C=O) groups excluding carboxylic acids is 1. The summed E-state index contributed by atoms with van der Waals surface area (Å²) in [5.74, 6) is 1.00. The minimum absolute atomic E-state index is 0.0198. The number of nitrogens with zero attached hydrogens (tertiary/aromatic N) is 1. The van der Waals surface area contributed by atoms with E-state index < -0.39 is 0 Å². The van der Waals surface area contributed by atoms with E-state index in [1.807, 2.05) is 43.7 Å². The van der Waals surface area contributed by atoms with Crippen LogP contribution in [-0.4, -0.2) is 15.8 Å². The van der Waals surface area contributed by atoms with Gasteiger partial charge in [-0.25, -0.2) is 4.98 Å². The Balaban J connectivity index is 0. The van der Waals surface area contributed by atoms with Crippen molar-refractivity contribution in [2.45, 2.75) is 140 Å². The summed E-state index contributed by atoms with van der Waals surface area (Å²) in [5, 5.41) is 5.75. The van der Waals surface area contributed by atoms with E-state index in [9.17, 15) is 4.79 Å². The SMILES string of the molecule is C=C/C=C\c1c(-c2csc(/C(C)=C/C(=C\NC=C)C(C)=O)n2)c[nH]c1C.CCC.CCCC.CCCCCC(CC)CCCC. The molecule has 1 unspecified atom stereocenters. The average molecular weight is 638 g/mol. The van der Waals surface area contributed by atoms with Gasteiger partial charge in [-0.05, 0) is 44.5 Å². The minimum atomic E-state index is -0.0198. The Morgan fingerprint density at radius 1 is 0.978 bits per heavy atom. The maximum atomic E-state index is 11.8. The Labute approximate surface area is 282 Å². The molecule has 0 amide bonds. The predicted octanol–water partition coefficient (Wildman–Crippen LogP) is 13.3. The molecule has 0 radical (unpaired) electrons. The highest BCUT2D eigenvalue weighted by atomic mass is 32.1. The molecule has 1 atom stereocenters. The van der Waals surface area contributed by atoms with E-state index in [4.69, 9.17) is 4.98 Å². The first-order valence-electron chi connectivity index (χ1n) is 17.3. The molecule has 5 heteroatoms. The van der Waals surface area contributed by atoms with Crippen molar-refractivity contribution < 1.29 is 4.79 Å². The molecule has 254 valence electrons. The van der Waals surface area contributed by atoms with Crippen LogP contribution >= 0.6 is 11.3 Å². The highest BCUT2D eigenvalue weighted by Gasteiger charge is 2.13. The van der Waals surface area contributed by atoms with Crippen LogP contribution in [-0.2, 0) is 4.79 Å². The maximum Gasteiger partial charge on any atom is 0.161 e. The van der Waals surface area contributed by atoms with E-state index in [0.29, 0.717) is 5.57 Å². The Morgan fingerprint density at radius 3 is 2.11 bits per heavy atom. The summed E-state index contributed by atoms with van der Waals surface area (Å²) in [4.78, 5) is 19.8. The van der Waals surface area contributed by atoms with Crippen LogP contribution in [0.2, 0.25) is 0 Å². The Morgan fingerprint density at radius 2 is 1.60 bits per heavy atom. The summed E-state index contributed by atoms with van der Waals surface area (Å²) < 4.78 is 0. The number of H-pyrrole nitrogens is 1. The molecule has 45 heavy (non-hydrogen) atoms. The predicted molar refractivity (Wildman–Crippen MR) is 206 cm³/mol. The number of unbranched alkanes of at least 4 members (excludes halogenated alkanes) is 4. The van der Waals surface area contributed by atoms with Crippen LogP contribution in [0.5, 0.6) is 0 Å². The summed E-state index contributed by atoms with van der Waals surface area (Å²) >= 11 is 1.56. The molecule has 0 spiro atoms. The first-order valence-corrected chi connectivity index (χ1v) is 18.2. The third-order valence-corrected chi connectivity index (χ3v) is 8.02. The fourth-order valence-corrected chi connectivity index (χ4v) is 4.92. The van der Waals surface area contributed by atoms with Crippen LogP contribution in [0.25, 0.3) is 22.9 Å². The number of aromatic amines is 1. The number of allylic oxidation sites excluding steroid dienone is 5. The lowest BCUT2D eigenvalue weighted by Gasteiger charge is -2.13. The molecule has 2 heterocycles. The smallest absolute Gasteiger partial charge is 0.161 e. The fraction of sp³-hybridized carbons (Fsp3) is 0.550. The molecule has 2 rings (SSSR count). The van der Waals surface area contributed by atoms with E-state index in [1.165, 1.54) is 83.8 Å². The van der Waals surface area contributed by atoms with Gasteiger partial charge in [-0.1, -0.05) is 150 Å². The number of carbonyl (C=O) groups is 1. The zero-order valence-electron chi connectivity index (χ0n) is 30.7. The van der Waals surface area contributed by atoms with E-state index in [1.54, 1.807) is 23.6 Å². The molecule has 0 saturated heterocycles. The molecule has 2 aromatic rings. The Kier molecular flexibility index (Phi) is 29.2. The molecular weight excluding hydrogens is 571 g/mol. The molecule has 2 aromatic heterocycles. The lowest BCUT2D eigenvalue weighted by atomic mass is 9.93. The van der Waals surface area contributed by atoms with Crippen LogP contribution in [0.3, 0.4) is 0 Å². The van der Waals surface area contributed by atoms with Crippen molar-refractivity contribution in [2.24, 2.45) is 5.92 Å². The average Bonchev–Trinajstić information content (AvgIpc) is 3.67. The maximum absolute atomic E-state index is 11.8. The Hall–Kier alpha value is -2.92. The van der Waals surface area contributed by atoms with Crippen LogP contribution in [0.1, 0.15) is 149 Å². The van der Waals surface area contributed by atoms with Crippen LogP contribution in [0.15, 0.2) is 60.9 Å². The molecule has 0 aliphatic carbocycles. The number of hydrogen-bond acceptors (Lipinski definition) is 4. The molecule has 0 aliphatic heterocycles. The van der Waals surface area contributed by atoms with Gasteiger partial charge in [0.15, 0.2) is 5.78 Å². The minimum Gasteiger partial charge on any atom is -0.368 e. The number of Topliss-reactive ketones (excluding diaryl/α,β-unsaturated/α-hetero) is 1. The van der Waals surface area contributed by atoms with Gasteiger partial charge in [0.05, 0.1) is 5.69 Å². The largest absolute Gasteiger partial charge is 0.368 e. The third kappa shape index (κ3) is 20.7. The molecule has 2 N–H and O–H groups in total. The highest BCUT2D eigenvalue weighted by Crippen LogP contribution is 2.31.